The van der Waals surface area contributed by atoms with Crippen LogP contribution in [0.4, 0.5) is 0 Å². The number of carbonyl (C=O) groups is 1. The van der Waals surface area contributed by atoms with Gasteiger partial charge in [-0.25, -0.2) is 0 Å². The Morgan fingerprint density at radius 2 is 2.06 bits per heavy atom. The second-order valence-electron chi connectivity index (χ2n) is 5.43. The highest BCUT2D eigenvalue weighted by Crippen LogP contribution is 2.42. The lowest BCUT2D eigenvalue weighted by Gasteiger charge is -2.40. The molecule has 1 N–H and O–H groups in total. The van der Waals surface area contributed by atoms with E-state index in [2.05, 4.69) is 11.6 Å². The third kappa shape index (κ3) is 4.34. The second-order valence-corrected chi connectivity index (χ2v) is 6.70. The van der Waals surface area contributed by atoms with Gasteiger partial charge in [-0.15, -0.1) is 0 Å². The van der Waals surface area contributed by atoms with Crippen LogP contribution in [0.25, 0.3) is 0 Å². The molecule has 16 heavy (non-hydrogen) atoms. The first kappa shape index (κ1) is 13.8. The fourth-order valence-electron chi connectivity index (χ4n) is 1.79. The monoisotopic (exact) mass is 245 g/mol. The van der Waals surface area contributed by atoms with Gasteiger partial charge in [0, 0.05) is 11.3 Å². The molecule has 1 rings (SSSR count). The molecule has 94 valence electrons. The molecule has 1 aliphatic carbocycles. The van der Waals surface area contributed by atoms with Gasteiger partial charge in [-0.2, -0.15) is 11.8 Å². The first-order valence-corrected chi connectivity index (χ1v) is 7.07. The number of rotatable bonds is 5. The predicted octanol–water partition coefficient (Wildman–Crippen LogP) is 2.20. The Bertz CT molecular complexity index is 238. The summed E-state index contributed by atoms with van der Waals surface area (Å²) in [7, 11) is 0. The minimum atomic E-state index is -0.383. The summed E-state index contributed by atoms with van der Waals surface area (Å²) in [6, 6.07) is 0. The van der Waals surface area contributed by atoms with Crippen molar-refractivity contribution in [1.29, 1.82) is 0 Å². The van der Waals surface area contributed by atoms with E-state index in [4.69, 9.17) is 4.74 Å². The normalized spacial score (nSPS) is 19.0. The highest BCUT2D eigenvalue weighted by molar-refractivity contribution is 8.00. The third-order valence-electron chi connectivity index (χ3n) is 2.83. The highest BCUT2D eigenvalue weighted by Gasteiger charge is 2.35. The number of hydrogen-bond donors (Lipinski definition) is 1. The van der Waals surface area contributed by atoms with Crippen LogP contribution < -0.4 is 5.32 Å². The fourth-order valence-corrected chi connectivity index (χ4v) is 2.74. The van der Waals surface area contributed by atoms with E-state index in [1.54, 1.807) is 0 Å². The Balaban J connectivity index is 2.18. The number of esters is 1. The van der Waals surface area contributed by atoms with Gasteiger partial charge in [0.25, 0.3) is 0 Å². The minimum Gasteiger partial charge on any atom is -0.459 e. The lowest BCUT2D eigenvalue weighted by molar-refractivity contribution is -0.153. The smallest absolute Gasteiger partial charge is 0.320 e. The van der Waals surface area contributed by atoms with Crippen molar-refractivity contribution in [2.24, 2.45) is 0 Å². The average Bonchev–Trinajstić information content (AvgIpc) is 2.06. The molecule has 3 nitrogen and oxygen atoms in total. The van der Waals surface area contributed by atoms with Crippen molar-refractivity contribution in [1.82, 2.24) is 5.32 Å². The molecule has 0 atom stereocenters. The maximum Gasteiger partial charge on any atom is 0.320 e. The summed E-state index contributed by atoms with van der Waals surface area (Å²) in [4.78, 5) is 11.4. The topological polar surface area (TPSA) is 38.3 Å². The molecule has 0 bridgehead atoms. The van der Waals surface area contributed by atoms with Gasteiger partial charge < -0.3 is 10.1 Å². The summed E-state index contributed by atoms with van der Waals surface area (Å²) in [5, 5.41) is 3.21. The Morgan fingerprint density at radius 1 is 1.44 bits per heavy atom. The Hall–Kier alpha value is -0.220. The van der Waals surface area contributed by atoms with Gasteiger partial charge in [0.15, 0.2) is 0 Å². The largest absolute Gasteiger partial charge is 0.459 e. The molecule has 4 heteroatoms. The van der Waals surface area contributed by atoms with Crippen molar-refractivity contribution in [3.05, 3.63) is 0 Å². The zero-order valence-corrected chi connectivity index (χ0v) is 11.6. The molecule has 0 unspecified atom stereocenters. The van der Waals surface area contributed by atoms with Gasteiger partial charge in [-0.1, -0.05) is 6.42 Å². The zero-order chi connectivity index (χ0) is 12.2. The van der Waals surface area contributed by atoms with Crippen LogP contribution in [-0.2, 0) is 9.53 Å². The molecule has 0 spiro atoms. The van der Waals surface area contributed by atoms with E-state index in [0.717, 1.165) is 6.54 Å². The van der Waals surface area contributed by atoms with Crippen LogP contribution in [0.3, 0.4) is 0 Å². The van der Waals surface area contributed by atoms with Crippen LogP contribution in [0, 0.1) is 0 Å². The molecule has 1 fully saturated rings. The first-order valence-electron chi connectivity index (χ1n) is 5.85. The SMILES string of the molecule is CSC1(CNCC(=O)OC(C)(C)C)CCC1. The van der Waals surface area contributed by atoms with Gasteiger partial charge in [0.2, 0.25) is 0 Å². The third-order valence-corrected chi connectivity index (χ3v) is 4.25. The molecular weight excluding hydrogens is 222 g/mol. The van der Waals surface area contributed by atoms with Crippen LogP contribution in [0.15, 0.2) is 0 Å². The molecule has 0 amide bonds. The summed E-state index contributed by atoms with van der Waals surface area (Å²) in [6.07, 6.45) is 5.98. The summed E-state index contributed by atoms with van der Waals surface area (Å²) in [5.41, 5.74) is -0.383. The van der Waals surface area contributed by atoms with Gasteiger partial charge in [-0.05, 0) is 39.9 Å². The van der Waals surface area contributed by atoms with Gasteiger partial charge >= 0.3 is 5.97 Å². The van der Waals surface area contributed by atoms with Crippen LogP contribution in [0.5, 0.6) is 0 Å². The Morgan fingerprint density at radius 3 is 2.44 bits per heavy atom. The Kier molecular flexibility index (Phi) is 4.68. The van der Waals surface area contributed by atoms with Gasteiger partial charge in [0.1, 0.15) is 5.60 Å². The van der Waals surface area contributed by atoms with E-state index in [9.17, 15) is 4.79 Å². The number of nitrogens with one attached hydrogen (secondary N) is 1. The molecule has 1 saturated carbocycles. The van der Waals surface area contributed by atoms with E-state index in [-0.39, 0.29) is 11.6 Å². The Labute approximate surface area is 103 Å². The molecule has 0 heterocycles. The lowest BCUT2D eigenvalue weighted by atomic mass is 9.84. The minimum absolute atomic E-state index is 0.164. The summed E-state index contributed by atoms with van der Waals surface area (Å²) < 4.78 is 5.61. The maximum atomic E-state index is 11.4. The molecule has 0 aromatic rings. The van der Waals surface area contributed by atoms with E-state index in [0.29, 0.717) is 11.3 Å². The van der Waals surface area contributed by atoms with Crippen molar-refractivity contribution in [3.63, 3.8) is 0 Å². The first-order chi connectivity index (χ1) is 7.37. The maximum absolute atomic E-state index is 11.4. The molecule has 1 aliphatic rings. The molecular formula is C12H23NO2S. The molecule has 0 aromatic carbocycles. The predicted molar refractivity (Wildman–Crippen MR) is 68.8 cm³/mol. The second kappa shape index (κ2) is 5.41. The summed E-state index contributed by atoms with van der Waals surface area (Å²) in [6.45, 7) is 6.90. The van der Waals surface area contributed by atoms with E-state index >= 15 is 0 Å². The molecule has 0 aliphatic heterocycles. The molecule has 0 radical (unpaired) electrons. The number of carbonyl (C=O) groups excluding carboxylic acids is 1. The van der Waals surface area contributed by atoms with Crippen LogP contribution in [-0.4, -0.2) is 35.7 Å². The standard InChI is InChI=1S/C12H23NO2S/c1-11(2,3)15-10(14)8-13-9-12(16-4)6-5-7-12/h13H,5-9H2,1-4H3. The van der Waals surface area contributed by atoms with E-state index < -0.39 is 0 Å². The summed E-state index contributed by atoms with van der Waals surface area (Å²) in [5.74, 6) is -0.164. The van der Waals surface area contributed by atoms with Crippen molar-refractivity contribution in [2.75, 3.05) is 19.3 Å². The molecule has 0 saturated heterocycles. The average molecular weight is 245 g/mol. The van der Waals surface area contributed by atoms with E-state index in [1.807, 2.05) is 32.5 Å². The van der Waals surface area contributed by atoms with Crippen LogP contribution in [0.2, 0.25) is 0 Å². The lowest BCUT2D eigenvalue weighted by Crippen LogP contribution is -2.45. The van der Waals surface area contributed by atoms with Crippen molar-refractivity contribution in [3.8, 4) is 0 Å². The van der Waals surface area contributed by atoms with Crippen LogP contribution >= 0.6 is 11.8 Å². The van der Waals surface area contributed by atoms with Crippen molar-refractivity contribution < 1.29 is 9.53 Å². The van der Waals surface area contributed by atoms with Crippen LogP contribution in [0.1, 0.15) is 40.0 Å². The highest BCUT2D eigenvalue weighted by atomic mass is 32.2. The number of thioether (sulfide) groups is 1. The molecule has 0 aromatic heterocycles. The fraction of sp³-hybridized carbons (Fsp3) is 0.917. The summed E-state index contributed by atoms with van der Waals surface area (Å²) >= 11 is 1.91. The zero-order valence-electron chi connectivity index (χ0n) is 10.8. The van der Waals surface area contributed by atoms with E-state index in [1.165, 1.54) is 19.3 Å². The number of ether oxygens (including phenoxy) is 1. The van der Waals surface area contributed by atoms with Crippen molar-refractivity contribution >= 4 is 17.7 Å². The quantitative estimate of drug-likeness (QED) is 0.754. The number of hydrogen-bond acceptors (Lipinski definition) is 4. The van der Waals surface area contributed by atoms with Crippen molar-refractivity contribution in [2.45, 2.75) is 50.4 Å². The van der Waals surface area contributed by atoms with Gasteiger partial charge in [0.05, 0.1) is 6.54 Å². The van der Waals surface area contributed by atoms with Gasteiger partial charge in [-0.3, -0.25) is 4.79 Å².